The molecular weight excluding hydrogens is 580 g/mol. The summed E-state index contributed by atoms with van der Waals surface area (Å²) in [6.07, 6.45) is 5.91. The molecule has 7 aliphatic rings. The van der Waals surface area contributed by atoms with E-state index in [2.05, 4.69) is 26.1 Å². The Morgan fingerprint density at radius 3 is 2.29 bits per heavy atom. The Bertz CT molecular complexity index is 1450. The number of carbonyl (C=O) groups excluding carboxylic acids is 2. The number of rotatable bonds is 7. The number of amides is 2. The highest BCUT2D eigenvalue weighted by Gasteiger charge is 2.58. The molecule has 5 saturated carbocycles. The van der Waals surface area contributed by atoms with Gasteiger partial charge in [-0.15, -0.1) is 0 Å². The molecule has 10 nitrogen and oxygen atoms in total. The van der Waals surface area contributed by atoms with Gasteiger partial charge >= 0.3 is 6.09 Å². The van der Waals surface area contributed by atoms with Crippen molar-refractivity contribution in [3.05, 3.63) is 42.6 Å². The number of hydrogen-bond donors (Lipinski definition) is 2. The number of fused-ring (bicyclic) bond motifs is 1. The zero-order valence-corrected chi connectivity index (χ0v) is 25.4. The van der Waals surface area contributed by atoms with Gasteiger partial charge in [-0.1, -0.05) is 12.1 Å². The predicted molar refractivity (Wildman–Crippen MR) is 165 cm³/mol. The minimum absolute atomic E-state index is 0.00620. The van der Waals surface area contributed by atoms with Gasteiger partial charge in [-0.25, -0.2) is 23.6 Å². The summed E-state index contributed by atoms with van der Waals surface area (Å²) in [5, 5.41) is 4.83. The summed E-state index contributed by atoms with van der Waals surface area (Å²) in [5.74, 6) is -1.28. The number of piperazine rings is 1. The van der Waals surface area contributed by atoms with Crippen LogP contribution in [0.25, 0.3) is 0 Å². The quantitative estimate of drug-likeness (QED) is 0.476. The zero-order valence-electron chi connectivity index (χ0n) is 25.4. The van der Waals surface area contributed by atoms with E-state index in [0.29, 0.717) is 25.6 Å². The second-order valence-electron chi connectivity index (χ2n) is 14.2. The summed E-state index contributed by atoms with van der Waals surface area (Å²) < 4.78 is 26.7. The van der Waals surface area contributed by atoms with Gasteiger partial charge in [-0.3, -0.25) is 9.69 Å². The molecule has 9 rings (SSSR count). The number of aromatic nitrogens is 1. The van der Waals surface area contributed by atoms with Crippen LogP contribution in [0.3, 0.4) is 0 Å². The Labute approximate surface area is 261 Å². The first-order valence-corrected chi connectivity index (χ1v) is 16.4. The molecule has 2 aromatic rings. The molecule has 45 heavy (non-hydrogen) atoms. The average molecular weight is 622 g/mol. The maximum atomic E-state index is 13.3. The van der Waals surface area contributed by atoms with Crippen LogP contribution >= 0.6 is 0 Å². The van der Waals surface area contributed by atoms with Gasteiger partial charge in [0.25, 0.3) is 5.92 Å². The first kappa shape index (κ1) is 28.8. The van der Waals surface area contributed by atoms with Crippen LogP contribution < -0.4 is 25.9 Å². The van der Waals surface area contributed by atoms with Gasteiger partial charge in [-0.2, -0.15) is 0 Å². The number of anilines is 4. The van der Waals surface area contributed by atoms with E-state index in [-0.39, 0.29) is 30.2 Å². The largest absolute Gasteiger partial charge is 0.431 e. The summed E-state index contributed by atoms with van der Waals surface area (Å²) in [4.78, 5) is 42.8. The van der Waals surface area contributed by atoms with Crippen molar-refractivity contribution in [2.24, 2.45) is 34.8 Å². The molecule has 1 saturated heterocycles. The number of para-hydroxylation sites is 2. The lowest BCUT2D eigenvalue weighted by atomic mass is 9.47. The fraction of sp³-hybridized carbons (Fsp3) is 0.606. The summed E-state index contributed by atoms with van der Waals surface area (Å²) in [5.41, 5.74) is 8.16. The SMILES string of the molecule is NC(=O)C12CC3C[C@H](C1)C(NC(=O)ON1CCN(c4ccc(N5CCN(CC6CC6(F)F)CC5)cn4)c4ccccc41)[C@@H](C3)C2. The fourth-order valence-electron chi connectivity index (χ4n) is 9.19. The van der Waals surface area contributed by atoms with Gasteiger partial charge in [-0.05, 0) is 74.1 Å². The number of hydrogen-bond acceptors (Lipinski definition) is 8. The van der Waals surface area contributed by atoms with Crippen molar-refractivity contribution in [3.63, 3.8) is 0 Å². The molecule has 3 heterocycles. The van der Waals surface area contributed by atoms with Crippen LogP contribution in [0.4, 0.5) is 36.5 Å². The van der Waals surface area contributed by atoms with Crippen LogP contribution in [0.15, 0.2) is 42.6 Å². The highest BCUT2D eigenvalue weighted by molar-refractivity contribution is 5.82. The second kappa shape index (κ2) is 10.7. The first-order chi connectivity index (χ1) is 21.7. The number of halogens is 2. The van der Waals surface area contributed by atoms with E-state index in [1.807, 2.05) is 36.5 Å². The number of alkyl halides is 2. The van der Waals surface area contributed by atoms with Gasteiger partial charge in [0, 0.05) is 63.1 Å². The van der Waals surface area contributed by atoms with E-state index in [0.717, 1.165) is 81.2 Å². The lowest BCUT2D eigenvalue weighted by Crippen LogP contribution is -2.62. The Morgan fingerprint density at radius 2 is 1.64 bits per heavy atom. The van der Waals surface area contributed by atoms with Gasteiger partial charge in [0.1, 0.15) is 5.82 Å². The lowest BCUT2D eigenvalue weighted by molar-refractivity contribution is -0.145. The van der Waals surface area contributed by atoms with E-state index in [9.17, 15) is 18.4 Å². The lowest BCUT2D eigenvalue weighted by Gasteiger charge is -2.58. The summed E-state index contributed by atoms with van der Waals surface area (Å²) >= 11 is 0. The minimum Gasteiger partial charge on any atom is -0.369 e. The molecule has 6 fully saturated rings. The molecule has 0 spiro atoms. The van der Waals surface area contributed by atoms with Crippen molar-refractivity contribution in [1.82, 2.24) is 15.2 Å². The van der Waals surface area contributed by atoms with Gasteiger partial charge < -0.3 is 25.7 Å². The topological polar surface area (TPSA) is 107 Å². The second-order valence-corrected chi connectivity index (χ2v) is 14.2. The normalized spacial score (nSPS) is 33.1. The van der Waals surface area contributed by atoms with Gasteiger partial charge in [0.05, 0.1) is 29.8 Å². The molecule has 1 aromatic heterocycles. The van der Waals surface area contributed by atoms with E-state index >= 15 is 0 Å². The number of nitrogens with two attached hydrogens (primary N) is 1. The third kappa shape index (κ3) is 5.24. The number of nitrogens with zero attached hydrogens (tertiary/aromatic N) is 5. The number of benzene rings is 1. The van der Waals surface area contributed by atoms with Crippen molar-refractivity contribution in [2.45, 2.75) is 50.5 Å². The van der Waals surface area contributed by atoms with E-state index in [1.54, 1.807) is 5.06 Å². The van der Waals surface area contributed by atoms with Crippen LogP contribution in [-0.4, -0.2) is 79.7 Å². The molecular formula is C33H41F2N7O3. The Hall–Kier alpha value is -3.67. The highest BCUT2D eigenvalue weighted by Crippen LogP contribution is 2.60. The summed E-state index contributed by atoms with van der Waals surface area (Å²) in [7, 11) is 0. The molecule has 240 valence electrons. The average Bonchev–Trinajstić information content (AvgIpc) is 3.64. The standard InChI is InChI=1S/C33H41F2N7O3/c34-33(35)18-24(33)20-39-7-9-40(10-8-39)25-5-6-28(37-19-25)41-11-12-42(27-4-2-1-3-26(27)41)45-31(44)38-29-22-13-21-14-23(29)17-32(15-21,16-22)30(36)43/h1-6,19,21-24,29H,7-18,20H2,(H2,36,43)(H,38,44)/t21?,22-,23+,24?,29?,32?. The Morgan fingerprint density at radius 1 is 0.933 bits per heavy atom. The van der Waals surface area contributed by atoms with Gasteiger partial charge in [0.2, 0.25) is 5.91 Å². The van der Waals surface area contributed by atoms with Crippen molar-refractivity contribution >= 4 is 34.9 Å². The van der Waals surface area contributed by atoms with Crippen LogP contribution in [0, 0.1) is 29.1 Å². The number of pyridine rings is 1. The molecule has 4 unspecified atom stereocenters. The third-order valence-corrected chi connectivity index (χ3v) is 11.4. The molecule has 0 radical (unpaired) electrons. The molecule has 3 N–H and O–H groups in total. The molecule has 2 aliphatic heterocycles. The highest BCUT2D eigenvalue weighted by atomic mass is 19.3. The Balaban J connectivity index is 0.893. The molecule has 1 aromatic carbocycles. The number of carbonyl (C=O) groups is 2. The van der Waals surface area contributed by atoms with Crippen LogP contribution in [0.1, 0.15) is 38.5 Å². The molecule has 2 amide bonds. The predicted octanol–water partition coefficient (Wildman–Crippen LogP) is 4.14. The molecule has 12 heteroatoms. The van der Waals surface area contributed by atoms with Crippen molar-refractivity contribution < 1.29 is 23.2 Å². The van der Waals surface area contributed by atoms with Crippen molar-refractivity contribution in [2.75, 3.05) is 60.7 Å². The number of primary amides is 1. The molecule has 4 bridgehead atoms. The molecule has 5 aliphatic carbocycles. The zero-order chi connectivity index (χ0) is 30.9. The smallest absolute Gasteiger partial charge is 0.369 e. The monoisotopic (exact) mass is 621 g/mol. The van der Waals surface area contributed by atoms with Crippen LogP contribution in [0.5, 0.6) is 0 Å². The Kier molecular flexibility index (Phi) is 6.85. The van der Waals surface area contributed by atoms with Crippen LogP contribution in [-0.2, 0) is 9.63 Å². The number of nitrogens with one attached hydrogen (secondary N) is 1. The van der Waals surface area contributed by atoms with E-state index in [1.165, 1.54) is 0 Å². The summed E-state index contributed by atoms with van der Waals surface area (Å²) in [6, 6.07) is 11.9. The third-order valence-electron chi connectivity index (χ3n) is 11.4. The fourth-order valence-corrected chi connectivity index (χ4v) is 9.19. The number of hydroxylamine groups is 1. The maximum absolute atomic E-state index is 13.3. The van der Waals surface area contributed by atoms with Crippen LogP contribution in [0.2, 0.25) is 0 Å². The van der Waals surface area contributed by atoms with Crippen molar-refractivity contribution in [3.8, 4) is 0 Å². The minimum atomic E-state index is -2.47. The van der Waals surface area contributed by atoms with Crippen molar-refractivity contribution in [1.29, 1.82) is 0 Å². The summed E-state index contributed by atoms with van der Waals surface area (Å²) in [6.45, 7) is 4.65. The molecule has 6 atom stereocenters. The van der Waals surface area contributed by atoms with Gasteiger partial charge in [0.15, 0.2) is 0 Å². The maximum Gasteiger partial charge on any atom is 0.431 e. The van der Waals surface area contributed by atoms with E-state index in [4.69, 9.17) is 15.6 Å². The van der Waals surface area contributed by atoms with E-state index < -0.39 is 23.3 Å². The first-order valence-electron chi connectivity index (χ1n) is 16.4.